The standard InChI is InChI=1S/C12H16ClN3O3/c13-9-3-5-10(6-4-9)19-8-12(17)15-7-1-2-11(14)16-18/h3-6,18H,1-2,7-8H2,(H2,14,16)(H,15,17). The zero-order valence-electron chi connectivity index (χ0n) is 10.3. The number of hydrogen-bond donors (Lipinski definition) is 3. The van der Waals surface area contributed by atoms with Crippen LogP contribution in [0.15, 0.2) is 29.4 Å². The maximum atomic E-state index is 11.4. The Balaban J connectivity index is 2.16. The summed E-state index contributed by atoms with van der Waals surface area (Å²) in [6, 6.07) is 6.75. The first kappa shape index (κ1) is 15.1. The summed E-state index contributed by atoms with van der Waals surface area (Å²) in [5, 5.41) is 14.4. The van der Waals surface area contributed by atoms with Gasteiger partial charge in [-0.25, -0.2) is 0 Å². The van der Waals surface area contributed by atoms with Gasteiger partial charge in [-0.2, -0.15) is 0 Å². The van der Waals surface area contributed by atoms with Crippen molar-refractivity contribution in [3.8, 4) is 5.75 Å². The van der Waals surface area contributed by atoms with Crippen molar-refractivity contribution in [2.45, 2.75) is 12.8 Å². The molecule has 0 radical (unpaired) electrons. The van der Waals surface area contributed by atoms with E-state index in [-0.39, 0.29) is 18.3 Å². The number of carbonyl (C=O) groups is 1. The Hall–Kier alpha value is -1.95. The highest BCUT2D eigenvalue weighted by Gasteiger charge is 2.02. The number of oxime groups is 1. The monoisotopic (exact) mass is 285 g/mol. The molecule has 0 heterocycles. The van der Waals surface area contributed by atoms with E-state index in [1.54, 1.807) is 24.3 Å². The quantitative estimate of drug-likeness (QED) is 0.232. The third kappa shape index (κ3) is 6.52. The van der Waals surface area contributed by atoms with Gasteiger partial charge < -0.3 is 21.0 Å². The van der Waals surface area contributed by atoms with Crippen LogP contribution < -0.4 is 15.8 Å². The molecule has 0 aliphatic heterocycles. The van der Waals surface area contributed by atoms with Gasteiger partial charge >= 0.3 is 0 Å². The molecule has 0 aliphatic rings. The van der Waals surface area contributed by atoms with E-state index in [1.165, 1.54) is 0 Å². The predicted octanol–water partition coefficient (Wildman–Crippen LogP) is 1.36. The molecule has 0 aliphatic carbocycles. The number of rotatable bonds is 7. The molecule has 104 valence electrons. The van der Waals surface area contributed by atoms with E-state index in [0.29, 0.717) is 30.2 Å². The van der Waals surface area contributed by atoms with Crippen LogP contribution in [-0.4, -0.2) is 30.1 Å². The van der Waals surface area contributed by atoms with Gasteiger partial charge in [0, 0.05) is 18.0 Å². The van der Waals surface area contributed by atoms with Crippen molar-refractivity contribution in [1.29, 1.82) is 0 Å². The molecule has 7 heteroatoms. The molecule has 0 saturated heterocycles. The number of ether oxygens (including phenoxy) is 1. The minimum atomic E-state index is -0.227. The van der Waals surface area contributed by atoms with Crippen LogP contribution in [0.5, 0.6) is 5.75 Å². The average Bonchev–Trinajstić information content (AvgIpc) is 2.42. The molecule has 0 aromatic heterocycles. The van der Waals surface area contributed by atoms with Crippen LogP contribution in [0.3, 0.4) is 0 Å². The fourth-order valence-electron chi connectivity index (χ4n) is 1.28. The summed E-state index contributed by atoms with van der Waals surface area (Å²) in [5.41, 5.74) is 5.29. The van der Waals surface area contributed by atoms with Crippen molar-refractivity contribution in [2.75, 3.05) is 13.2 Å². The van der Waals surface area contributed by atoms with Gasteiger partial charge in [0.2, 0.25) is 0 Å². The lowest BCUT2D eigenvalue weighted by atomic mass is 10.3. The van der Waals surface area contributed by atoms with Gasteiger partial charge in [0.15, 0.2) is 6.61 Å². The van der Waals surface area contributed by atoms with Gasteiger partial charge in [0.1, 0.15) is 11.6 Å². The Morgan fingerprint density at radius 1 is 1.42 bits per heavy atom. The van der Waals surface area contributed by atoms with Crippen molar-refractivity contribution in [2.24, 2.45) is 10.9 Å². The number of amides is 1. The van der Waals surface area contributed by atoms with E-state index >= 15 is 0 Å². The van der Waals surface area contributed by atoms with Gasteiger partial charge in [-0.3, -0.25) is 4.79 Å². The first-order valence-electron chi connectivity index (χ1n) is 5.73. The third-order valence-corrected chi connectivity index (χ3v) is 2.50. The van der Waals surface area contributed by atoms with Gasteiger partial charge in [-0.1, -0.05) is 16.8 Å². The van der Waals surface area contributed by atoms with Crippen LogP contribution in [0.4, 0.5) is 0 Å². The molecule has 6 nitrogen and oxygen atoms in total. The third-order valence-electron chi connectivity index (χ3n) is 2.24. The average molecular weight is 286 g/mol. The van der Waals surface area contributed by atoms with E-state index in [0.717, 1.165) is 0 Å². The van der Waals surface area contributed by atoms with Gasteiger partial charge in [0.05, 0.1) is 0 Å². The number of nitrogens with zero attached hydrogens (tertiary/aromatic N) is 1. The largest absolute Gasteiger partial charge is 0.484 e. The van der Waals surface area contributed by atoms with E-state index in [1.807, 2.05) is 0 Å². The number of hydrogen-bond acceptors (Lipinski definition) is 4. The Morgan fingerprint density at radius 3 is 2.74 bits per heavy atom. The summed E-state index contributed by atoms with van der Waals surface area (Å²) in [6.45, 7) is 0.379. The first-order chi connectivity index (χ1) is 9.11. The predicted molar refractivity (Wildman–Crippen MR) is 72.6 cm³/mol. The number of nitrogens with one attached hydrogen (secondary N) is 1. The molecular weight excluding hydrogens is 270 g/mol. The highest BCUT2D eigenvalue weighted by atomic mass is 35.5. The summed E-state index contributed by atoms with van der Waals surface area (Å²) in [5.74, 6) is 0.498. The fraction of sp³-hybridized carbons (Fsp3) is 0.333. The maximum Gasteiger partial charge on any atom is 0.257 e. The highest BCUT2D eigenvalue weighted by molar-refractivity contribution is 6.30. The highest BCUT2D eigenvalue weighted by Crippen LogP contribution is 2.15. The van der Waals surface area contributed by atoms with Crippen LogP contribution >= 0.6 is 11.6 Å². The molecule has 1 aromatic carbocycles. The molecule has 1 aromatic rings. The summed E-state index contributed by atoms with van der Waals surface area (Å²) in [7, 11) is 0. The molecule has 19 heavy (non-hydrogen) atoms. The van der Waals surface area contributed by atoms with Crippen molar-refractivity contribution in [3.63, 3.8) is 0 Å². The van der Waals surface area contributed by atoms with E-state index in [4.69, 9.17) is 27.3 Å². The second-order valence-corrected chi connectivity index (χ2v) is 4.22. The molecule has 0 fully saturated rings. The topological polar surface area (TPSA) is 96.9 Å². The van der Waals surface area contributed by atoms with Crippen LogP contribution in [-0.2, 0) is 4.79 Å². The van der Waals surface area contributed by atoms with Crippen LogP contribution in [0.25, 0.3) is 0 Å². The lowest BCUT2D eigenvalue weighted by Crippen LogP contribution is -2.30. The smallest absolute Gasteiger partial charge is 0.257 e. The zero-order valence-corrected chi connectivity index (χ0v) is 11.1. The fourth-order valence-corrected chi connectivity index (χ4v) is 1.40. The molecular formula is C12H16ClN3O3. The second kappa shape index (κ2) is 8.20. The Labute approximate surface area is 116 Å². The normalized spacial score (nSPS) is 11.1. The molecule has 0 saturated carbocycles. The Bertz CT molecular complexity index is 434. The minimum Gasteiger partial charge on any atom is -0.484 e. The molecule has 4 N–H and O–H groups in total. The number of amidine groups is 1. The Kier molecular flexibility index (Phi) is 6.52. The lowest BCUT2D eigenvalue weighted by Gasteiger charge is -2.07. The molecule has 1 rings (SSSR count). The molecule has 0 unspecified atom stereocenters. The number of benzene rings is 1. The number of nitrogens with two attached hydrogens (primary N) is 1. The summed E-state index contributed by atoms with van der Waals surface area (Å²) < 4.78 is 5.26. The zero-order chi connectivity index (χ0) is 14.1. The van der Waals surface area contributed by atoms with Crippen molar-refractivity contribution < 1.29 is 14.7 Å². The maximum absolute atomic E-state index is 11.4. The molecule has 1 amide bonds. The second-order valence-electron chi connectivity index (χ2n) is 3.79. The van der Waals surface area contributed by atoms with Gasteiger partial charge in [-0.15, -0.1) is 0 Å². The molecule has 0 bridgehead atoms. The van der Waals surface area contributed by atoms with Gasteiger partial charge in [-0.05, 0) is 30.7 Å². The Morgan fingerprint density at radius 2 is 2.11 bits per heavy atom. The summed E-state index contributed by atoms with van der Waals surface area (Å²) >= 11 is 5.72. The van der Waals surface area contributed by atoms with Crippen molar-refractivity contribution >= 4 is 23.3 Å². The van der Waals surface area contributed by atoms with Crippen molar-refractivity contribution in [3.05, 3.63) is 29.3 Å². The van der Waals surface area contributed by atoms with Crippen LogP contribution in [0.2, 0.25) is 5.02 Å². The SMILES string of the molecule is NC(CCCNC(=O)COc1ccc(Cl)cc1)=NO. The number of carbonyl (C=O) groups excluding carboxylic acids is 1. The molecule has 0 spiro atoms. The number of halogens is 1. The van der Waals surface area contributed by atoms with E-state index in [9.17, 15) is 4.79 Å². The van der Waals surface area contributed by atoms with Crippen LogP contribution in [0, 0.1) is 0 Å². The van der Waals surface area contributed by atoms with E-state index < -0.39 is 0 Å². The van der Waals surface area contributed by atoms with Gasteiger partial charge in [0.25, 0.3) is 5.91 Å². The van der Waals surface area contributed by atoms with E-state index in [2.05, 4.69) is 10.5 Å². The summed E-state index contributed by atoms with van der Waals surface area (Å²) in [4.78, 5) is 11.4. The lowest BCUT2D eigenvalue weighted by molar-refractivity contribution is -0.123. The van der Waals surface area contributed by atoms with Crippen LogP contribution in [0.1, 0.15) is 12.8 Å². The van der Waals surface area contributed by atoms with Crippen molar-refractivity contribution in [1.82, 2.24) is 5.32 Å². The molecule has 0 atom stereocenters. The first-order valence-corrected chi connectivity index (χ1v) is 6.11. The summed E-state index contributed by atoms with van der Waals surface area (Å²) in [6.07, 6.45) is 1.03. The minimum absolute atomic E-state index is 0.0643.